The summed E-state index contributed by atoms with van der Waals surface area (Å²) < 4.78 is 25.4. The van der Waals surface area contributed by atoms with E-state index in [-0.39, 0.29) is 41.2 Å². The number of hydrogen-bond donors (Lipinski definition) is 0. The molecule has 0 amide bonds. The molecule has 0 radical (unpaired) electrons. The average Bonchev–Trinajstić information content (AvgIpc) is 3.38. The van der Waals surface area contributed by atoms with Gasteiger partial charge < -0.3 is 18.6 Å². The lowest BCUT2D eigenvalue weighted by Crippen LogP contribution is -2.67. The lowest BCUT2D eigenvalue weighted by atomic mass is 9.87. The van der Waals surface area contributed by atoms with Crippen LogP contribution in [-0.4, -0.2) is 46.5 Å². The Morgan fingerprint density at radius 3 is 2.05 bits per heavy atom. The zero-order chi connectivity index (χ0) is 31.0. The van der Waals surface area contributed by atoms with Crippen molar-refractivity contribution in [2.24, 2.45) is 17.8 Å². The molecule has 6 heteroatoms. The quantitative estimate of drug-likeness (QED) is 0.178. The third kappa shape index (κ3) is 7.35. The topological polar surface area (TPSA) is 54.0 Å². The van der Waals surface area contributed by atoms with Gasteiger partial charge in [0, 0.05) is 37.0 Å². The van der Waals surface area contributed by atoms with E-state index in [0.717, 1.165) is 37.9 Å². The van der Waals surface area contributed by atoms with E-state index in [2.05, 4.69) is 87.4 Å². The lowest BCUT2D eigenvalue weighted by molar-refractivity contribution is -0.198. The molecule has 0 bridgehead atoms. The summed E-state index contributed by atoms with van der Waals surface area (Å²) in [6, 6.07) is 31.1. The first kappa shape index (κ1) is 32.2. The van der Waals surface area contributed by atoms with E-state index in [0.29, 0.717) is 19.6 Å². The van der Waals surface area contributed by atoms with Gasteiger partial charge in [-0.15, -0.1) is 6.42 Å². The van der Waals surface area contributed by atoms with Gasteiger partial charge in [-0.2, -0.15) is 0 Å². The van der Waals surface area contributed by atoms with Gasteiger partial charge in [0.05, 0.1) is 12.7 Å². The van der Waals surface area contributed by atoms with E-state index in [1.54, 1.807) is 0 Å². The number of benzene rings is 3. The van der Waals surface area contributed by atoms with Crippen LogP contribution in [0, 0.1) is 30.1 Å². The molecule has 0 N–H and O–H groups in total. The van der Waals surface area contributed by atoms with Gasteiger partial charge in [-0.1, -0.05) is 106 Å². The lowest BCUT2D eigenvalue weighted by Gasteiger charge is -2.44. The highest BCUT2D eigenvalue weighted by molar-refractivity contribution is 6.99. The maximum atomic E-state index is 12.1. The zero-order valence-corrected chi connectivity index (χ0v) is 27.3. The molecule has 2 aliphatic heterocycles. The van der Waals surface area contributed by atoms with Crippen molar-refractivity contribution in [2.75, 3.05) is 19.8 Å². The Bertz CT molecular complexity index is 1320. The first-order chi connectivity index (χ1) is 21.3. The van der Waals surface area contributed by atoms with Crippen molar-refractivity contribution in [3.8, 4) is 12.3 Å². The van der Waals surface area contributed by atoms with E-state index in [1.165, 1.54) is 10.4 Å². The minimum atomic E-state index is -2.66. The number of carbonyl (C=O) groups is 1. The number of carbonyl (C=O) groups excluding carboxylic acids is 1. The Balaban J connectivity index is 0.000000418. The van der Waals surface area contributed by atoms with Crippen LogP contribution >= 0.6 is 0 Å². The number of cyclic esters (lactones) is 1. The van der Waals surface area contributed by atoms with Crippen LogP contribution in [0.15, 0.2) is 91.0 Å². The third-order valence-electron chi connectivity index (χ3n) is 9.35. The summed E-state index contributed by atoms with van der Waals surface area (Å²) >= 11 is 0. The molecule has 3 fully saturated rings. The van der Waals surface area contributed by atoms with E-state index in [1.807, 2.05) is 30.3 Å². The van der Waals surface area contributed by atoms with Crippen LogP contribution in [0.1, 0.15) is 58.4 Å². The number of ether oxygens (including phenoxy) is 3. The maximum absolute atomic E-state index is 12.1. The Morgan fingerprint density at radius 2 is 1.52 bits per heavy atom. The van der Waals surface area contributed by atoms with Crippen molar-refractivity contribution in [2.45, 2.75) is 70.3 Å². The molecular formula is C38H46O5Si. The van der Waals surface area contributed by atoms with Crippen molar-refractivity contribution in [3.63, 3.8) is 0 Å². The van der Waals surface area contributed by atoms with Crippen LogP contribution in [0.3, 0.4) is 0 Å². The molecule has 0 spiro atoms. The van der Waals surface area contributed by atoms with E-state index in [4.69, 9.17) is 25.1 Å². The predicted octanol–water partition coefficient (Wildman–Crippen LogP) is 6.34. The predicted molar refractivity (Wildman–Crippen MR) is 177 cm³/mol. The first-order valence-corrected chi connectivity index (χ1v) is 17.9. The van der Waals surface area contributed by atoms with Gasteiger partial charge in [-0.3, -0.25) is 4.79 Å². The molecule has 44 heavy (non-hydrogen) atoms. The van der Waals surface area contributed by atoms with Gasteiger partial charge >= 0.3 is 5.97 Å². The number of terminal acetylenes is 1. The van der Waals surface area contributed by atoms with Crippen LogP contribution in [0.5, 0.6) is 0 Å². The van der Waals surface area contributed by atoms with Crippen LogP contribution in [-0.2, 0) is 23.4 Å². The molecule has 5 atom stereocenters. The van der Waals surface area contributed by atoms with Crippen molar-refractivity contribution < 1.29 is 23.4 Å². The molecule has 6 rings (SSSR count). The first-order valence-electron chi connectivity index (χ1n) is 16.0. The molecule has 3 aromatic carbocycles. The summed E-state index contributed by atoms with van der Waals surface area (Å²) in [5.41, 5.74) is 0.938. The fourth-order valence-electron chi connectivity index (χ4n) is 7.15. The second-order valence-corrected chi connectivity index (χ2v) is 17.5. The molecule has 232 valence electrons. The third-order valence-corrected chi connectivity index (χ3v) is 14.4. The second-order valence-electron chi connectivity index (χ2n) is 13.2. The van der Waals surface area contributed by atoms with Crippen molar-refractivity contribution in [1.82, 2.24) is 0 Å². The highest BCUT2D eigenvalue weighted by Crippen LogP contribution is 2.46. The number of rotatable bonds is 7. The van der Waals surface area contributed by atoms with Gasteiger partial charge in [-0.25, -0.2) is 0 Å². The summed E-state index contributed by atoms with van der Waals surface area (Å²) in [6.45, 7) is 8.73. The van der Waals surface area contributed by atoms with Crippen molar-refractivity contribution in [3.05, 3.63) is 96.6 Å². The highest BCUT2D eigenvalue weighted by Gasteiger charge is 2.53. The monoisotopic (exact) mass is 610 g/mol. The van der Waals surface area contributed by atoms with Gasteiger partial charge in [0.15, 0.2) is 6.29 Å². The van der Waals surface area contributed by atoms with Crippen molar-refractivity contribution >= 4 is 24.7 Å². The van der Waals surface area contributed by atoms with Crippen molar-refractivity contribution in [1.29, 1.82) is 0 Å². The summed E-state index contributed by atoms with van der Waals surface area (Å²) in [5.74, 6) is 3.15. The summed E-state index contributed by atoms with van der Waals surface area (Å²) in [4.78, 5) is 12.1. The van der Waals surface area contributed by atoms with E-state index < -0.39 is 8.32 Å². The number of esters is 1. The fraction of sp³-hybridized carbons (Fsp3) is 0.447. The smallest absolute Gasteiger partial charge is 0.306 e. The zero-order valence-electron chi connectivity index (χ0n) is 26.3. The van der Waals surface area contributed by atoms with E-state index in [9.17, 15) is 4.79 Å². The normalized spacial score (nSPS) is 25.1. The Kier molecular flexibility index (Phi) is 10.8. The van der Waals surface area contributed by atoms with Crippen LogP contribution in [0.4, 0.5) is 0 Å². The summed E-state index contributed by atoms with van der Waals surface area (Å²) in [6.07, 6.45) is 9.46. The van der Waals surface area contributed by atoms with Gasteiger partial charge in [0.2, 0.25) is 0 Å². The van der Waals surface area contributed by atoms with Crippen LogP contribution in [0.25, 0.3) is 0 Å². The molecule has 1 saturated carbocycles. The standard InChI is InChI=1S/C30H40O5Si.C8H6/c1-30(2,3)36(23-12-6-4-7-13-23,24-14-8-5-9-15-24)34-21-26-25-20-33-28(31)19-22(25)18-27(26)35-29-16-10-11-17-32-29;1-2-8-6-4-3-5-7-8/h4-9,12-15,22,25-27,29H,10-11,16-21H2,1-3H3;1,3-7H. The highest BCUT2D eigenvalue weighted by atomic mass is 28.4. The molecule has 5 nitrogen and oxygen atoms in total. The number of hydrogen-bond acceptors (Lipinski definition) is 5. The largest absolute Gasteiger partial charge is 0.465 e. The molecule has 1 aliphatic carbocycles. The van der Waals surface area contributed by atoms with Crippen LogP contribution in [0.2, 0.25) is 5.04 Å². The Labute approximate surface area is 264 Å². The van der Waals surface area contributed by atoms with Gasteiger partial charge in [0.1, 0.15) is 0 Å². The Hall–Kier alpha value is -3.21. The fourth-order valence-corrected chi connectivity index (χ4v) is 11.7. The minimum Gasteiger partial charge on any atom is -0.465 e. The molecule has 0 aromatic heterocycles. The Morgan fingerprint density at radius 1 is 0.909 bits per heavy atom. The van der Waals surface area contributed by atoms with Crippen LogP contribution < -0.4 is 10.4 Å². The average molecular weight is 611 g/mol. The molecular weight excluding hydrogens is 564 g/mol. The maximum Gasteiger partial charge on any atom is 0.306 e. The van der Waals surface area contributed by atoms with Gasteiger partial charge in [-0.05, 0) is 59.1 Å². The van der Waals surface area contributed by atoms with E-state index >= 15 is 0 Å². The SMILES string of the molecule is C#Cc1ccccc1.CC(C)(C)[Si](OCC1C(OC2CCCCO2)CC2CC(=O)OCC21)(c1ccccc1)c1ccccc1. The summed E-state index contributed by atoms with van der Waals surface area (Å²) in [5, 5.41) is 2.47. The molecule has 5 unspecified atom stereocenters. The summed E-state index contributed by atoms with van der Waals surface area (Å²) in [7, 11) is -2.66. The second kappa shape index (κ2) is 14.7. The minimum absolute atomic E-state index is 0.0100. The molecule has 2 saturated heterocycles. The molecule has 3 aromatic rings. The van der Waals surface area contributed by atoms with Gasteiger partial charge in [0.25, 0.3) is 8.32 Å². The number of fused-ring (bicyclic) bond motifs is 1. The molecule has 3 aliphatic rings. The molecule has 2 heterocycles.